The monoisotopic (exact) mass is 428 g/mol. The Morgan fingerprint density at radius 3 is 2.77 bits per heavy atom. The van der Waals surface area contributed by atoms with E-state index in [2.05, 4.69) is 10.3 Å². The van der Waals surface area contributed by atoms with Gasteiger partial charge in [-0.05, 0) is 25.5 Å². The molecule has 2 aromatic rings. The summed E-state index contributed by atoms with van der Waals surface area (Å²) in [6.45, 7) is 3.36. The van der Waals surface area contributed by atoms with Crippen LogP contribution in [0.3, 0.4) is 0 Å². The molecule has 0 spiro atoms. The van der Waals surface area contributed by atoms with E-state index in [4.69, 9.17) is 16.3 Å². The molecule has 0 aliphatic carbocycles. The zero-order valence-corrected chi connectivity index (χ0v) is 18.0. The molecule has 3 rings (SSSR count). The molecule has 2 atom stereocenters. The summed E-state index contributed by atoms with van der Waals surface area (Å²) < 4.78 is 7.34. The average molecular weight is 429 g/mol. The molecular formula is C22H25ClN4O3. The predicted molar refractivity (Wildman–Crippen MR) is 118 cm³/mol. The number of carbonyl (C=O) groups is 1. The largest absolute Gasteiger partial charge is 0.491 e. The van der Waals surface area contributed by atoms with Gasteiger partial charge >= 0.3 is 0 Å². The molecule has 1 aliphatic heterocycles. The first-order valence-corrected chi connectivity index (χ1v) is 10.2. The summed E-state index contributed by atoms with van der Waals surface area (Å²) in [5, 5.41) is 5.09. The molecule has 0 saturated carbocycles. The second kappa shape index (κ2) is 9.63. The molecular weight excluding hydrogens is 404 g/mol. The van der Waals surface area contributed by atoms with Gasteiger partial charge in [-0.3, -0.25) is 14.6 Å². The number of alkyl halides is 1. The molecule has 0 saturated heterocycles. The van der Waals surface area contributed by atoms with Crippen LogP contribution in [0.2, 0.25) is 0 Å². The number of allylic oxidation sites excluding steroid dienone is 4. The van der Waals surface area contributed by atoms with Gasteiger partial charge in [0.25, 0.3) is 5.56 Å². The fraction of sp³-hybridized carbons (Fsp3) is 0.318. The van der Waals surface area contributed by atoms with Crippen molar-refractivity contribution in [3.8, 4) is 0 Å². The lowest BCUT2D eigenvalue weighted by atomic mass is 10.1. The molecule has 1 N–H and O–H groups in total. The number of hydrogen-bond donors (Lipinski definition) is 1. The number of benzene rings is 1. The number of ketones is 1. The number of nitrogens with one attached hydrogen (secondary N) is 1. The van der Waals surface area contributed by atoms with Crippen molar-refractivity contribution in [1.29, 1.82) is 0 Å². The van der Waals surface area contributed by atoms with Gasteiger partial charge in [-0.1, -0.05) is 42.5 Å². The van der Waals surface area contributed by atoms with E-state index in [1.807, 2.05) is 42.4 Å². The molecule has 0 bridgehead atoms. The normalized spacial score (nSPS) is 17.0. The van der Waals surface area contributed by atoms with Crippen LogP contribution < -0.4 is 15.9 Å². The average Bonchev–Trinajstić information content (AvgIpc) is 3.07. The maximum atomic E-state index is 12.7. The van der Waals surface area contributed by atoms with E-state index in [0.29, 0.717) is 23.3 Å². The topological polar surface area (TPSA) is 76.5 Å². The lowest BCUT2D eigenvalue weighted by molar-refractivity contribution is -0.120. The van der Waals surface area contributed by atoms with E-state index < -0.39 is 5.92 Å². The van der Waals surface area contributed by atoms with Crippen molar-refractivity contribution in [1.82, 2.24) is 9.66 Å². The minimum atomic E-state index is -0.410. The first kappa shape index (κ1) is 21.6. The Kier molecular flexibility index (Phi) is 6.95. The Balaban J connectivity index is 1.80. The molecule has 2 unspecified atom stereocenters. The van der Waals surface area contributed by atoms with Crippen LogP contribution in [0.15, 0.2) is 65.2 Å². The van der Waals surface area contributed by atoms with E-state index in [9.17, 15) is 9.59 Å². The summed E-state index contributed by atoms with van der Waals surface area (Å²) >= 11 is 5.66. The number of hydrogen-bond acceptors (Lipinski definition) is 6. The van der Waals surface area contributed by atoms with Crippen molar-refractivity contribution in [2.45, 2.75) is 26.6 Å². The SMILES string of the molecule is CC(=O)C(C)/C(=C\C=C/CCl)OCc1cc(=O)n2c(n1)NC(c1ccccc1)N2C. The number of rotatable bonds is 8. The Morgan fingerprint density at radius 1 is 1.37 bits per heavy atom. The van der Waals surface area contributed by atoms with Gasteiger partial charge < -0.3 is 10.1 Å². The smallest absolute Gasteiger partial charge is 0.274 e. The van der Waals surface area contributed by atoms with Crippen LogP contribution in [-0.2, 0) is 16.1 Å². The second-order valence-corrected chi connectivity index (χ2v) is 7.33. The highest BCUT2D eigenvalue weighted by Crippen LogP contribution is 2.26. The third-order valence-corrected chi connectivity index (χ3v) is 5.11. The van der Waals surface area contributed by atoms with E-state index in [-0.39, 0.29) is 24.1 Å². The first-order chi connectivity index (χ1) is 14.4. The molecule has 1 aromatic carbocycles. The summed E-state index contributed by atoms with van der Waals surface area (Å²) in [5.41, 5.74) is 1.29. The molecule has 158 valence electrons. The van der Waals surface area contributed by atoms with Crippen molar-refractivity contribution >= 4 is 23.3 Å². The standard InChI is InChI=1S/C22H25ClN4O3/c1-15(16(2)28)19(11-7-8-12-23)30-14-18-13-20(29)27-22(24-18)25-21(26(27)3)17-9-5-4-6-10-17/h4-11,13,15,21H,12,14H2,1-3H3,(H,24,25)/b8-7-,19-11+. The lowest BCUT2D eigenvalue weighted by Gasteiger charge is -2.21. The summed E-state index contributed by atoms with van der Waals surface area (Å²) in [4.78, 5) is 29.0. The zero-order chi connectivity index (χ0) is 21.7. The van der Waals surface area contributed by atoms with Crippen LogP contribution in [0.1, 0.15) is 31.3 Å². The number of fused-ring (bicyclic) bond motifs is 1. The Labute approximate surface area is 180 Å². The minimum Gasteiger partial charge on any atom is -0.491 e. The highest BCUT2D eigenvalue weighted by molar-refractivity contribution is 6.18. The Hall–Kier alpha value is -3.06. The number of aromatic nitrogens is 2. The quantitative estimate of drug-likeness (QED) is 0.394. The molecule has 1 aliphatic rings. The maximum absolute atomic E-state index is 12.7. The summed E-state index contributed by atoms with van der Waals surface area (Å²) in [7, 11) is 1.83. The predicted octanol–water partition coefficient (Wildman–Crippen LogP) is 3.36. The van der Waals surface area contributed by atoms with Gasteiger partial charge in [0.15, 0.2) is 0 Å². The van der Waals surface area contributed by atoms with Gasteiger partial charge in [-0.2, -0.15) is 4.68 Å². The number of Topliss-reactive ketones (excluding diaryl/α,β-unsaturated/α-hetero) is 1. The van der Waals surface area contributed by atoms with Crippen LogP contribution in [0, 0.1) is 5.92 Å². The Bertz CT molecular complexity index is 1020. The highest BCUT2D eigenvalue weighted by Gasteiger charge is 2.29. The van der Waals surface area contributed by atoms with Crippen molar-refractivity contribution in [3.05, 3.63) is 82.0 Å². The number of nitrogens with zero attached hydrogens (tertiary/aromatic N) is 3. The van der Waals surface area contributed by atoms with Crippen molar-refractivity contribution in [2.75, 3.05) is 23.3 Å². The number of ether oxygens (including phenoxy) is 1. The highest BCUT2D eigenvalue weighted by atomic mass is 35.5. The van der Waals surface area contributed by atoms with E-state index in [1.165, 1.54) is 17.7 Å². The number of carbonyl (C=O) groups excluding carboxylic acids is 1. The molecule has 7 nitrogen and oxygen atoms in total. The molecule has 2 heterocycles. The summed E-state index contributed by atoms with van der Waals surface area (Å²) in [5.74, 6) is 0.884. The van der Waals surface area contributed by atoms with Crippen LogP contribution in [0.5, 0.6) is 0 Å². The van der Waals surface area contributed by atoms with Gasteiger partial charge in [0, 0.05) is 19.0 Å². The molecule has 0 amide bonds. The van der Waals surface area contributed by atoms with Gasteiger partial charge in [0.05, 0.1) is 11.6 Å². The lowest BCUT2D eigenvalue weighted by Crippen LogP contribution is -2.37. The van der Waals surface area contributed by atoms with Gasteiger partial charge in [-0.15, -0.1) is 11.6 Å². The Morgan fingerprint density at radius 2 is 2.10 bits per heavy atom. The number of anilines is 1. The molecule has 1 aromatic heterocycles. The third-order valence-electron chi connectivity index (χ3n) is 4.93. The fourth-order valence-electron chi connectivity index (χ4n) is 3.15. The van der Waals surface area contributed by atoms with Crippen molar-refractivity contribution < 1.29 is 9.53 Å². The van der Waals surface area contributed by atoms with Crippen LogP contribution in [0.4, 0.5) is 5.95 Å². The minimum absolute atomic E-state index is 0.0171. The van der Waals surface area contributed by atoms with E-state index >= 15 is 0 Å². The van der Waals surface area contributed by atoms with Crippen molar-refractivity contribution in [3.63, 3.8) is 0 Å². The maximum Gasteiger partial charge on any atom is 0.274 e. The third kappa shape index (κ3) is 4.74. The fourth-order valence-corrected chi connectivity index (χ4v) is 3.25. The van der Waals surface area contributed by atoms with E-state index in [1.54, 1.807) is 25.2 Å². The van der Waals surface area contributed by atoms with Crippen LogP contribution >= 0.6 is 11.6 Å². The summed E-state index contributed by atoms with van der Waals surface area (Å²) in [6.07, 6.45) is 5.01. The van der Waals surface area contributed by atoms with Crippen LogP contribution in [-0.4, -0.2) is 28.4 Å². The molecule has 8 heteroatoms. The molecule has 30 heavy (non-hydrogen) atoms. The summed E-state index contributed by atoms with van der Waals surface area (Å²) in [6, 6.07) is 11.3. The zero-order valence-electron chi connectivity index (χ0n) is 17.2. The van der Waals surface area contributed by atoms with Crippen LogP contribution in [0.25, 0.3) is 0 Å². The van der Waals surface area contributed by atoms with Gasteiger partial charge in [0.2, 0.25) is 5.95 Å². The number of halogens is 1. The van der Waals surface area contributed by atoms with Crippen molar-refractivity contribution in [2.24, 2.45) is 5.92 Å². The molecule has 0 radical (unpaired) electrons. The molecule has 0 fully saturated rings. The van der Waals surface area contributed by atoms with E-state index in [0.717, 1.165) is 5.56 Å². The van der Waals surface area contributed by atoms with Gasteiger partial charge in [0.1, 0.15) is 24.3 Å². The van der Waals surface area contributed by atoms with Gasteiger partial charge in [-0.25, -0.2) is 4.98 Å². The first-order valence-electron chi connectivity index (χ1n) is 9.66. The second-order valence-electron chi connectivity index (χ2n) is 7.02.